The minimum absolute atomic E-state index is 0.0541. The lowest BCUT2D eigenvalue weighted by molar-refractivity contribution is -0.384. The molecular weight excluding hydrogens is 357 g/mol. The Labute approximate surface area is 144 Å². The number of hydrogen-bond acceptors (Lipinski definition) is 5. The van der Waals surface area contributed by atoms with Crippen molar-refractivity contribution in [2.24, 2.45) is 0 Å². The number of nitro benzene ring substituents is 1. The molecule has 1 aromatic carbocycles. The normalized spacial score (nSPS) is 21.8. The fraction of sp³-hybridized carbons (Fsp3) is 0.500. The largest absolute Gasteiger partial charge is 0.465 e. The standard InChI is InChI=1S/C14H18FN3O6S/c1-10(15)14(7-2-8-16(9-14)13(19)20)17(25(23)24)11-3-5-12(6-4-11)18(21)22/h3-6,10,25H,2,7-9H2,1H3,(H,19,20). The van der Waals surface area contributed by atoms with Crippen LogP contribution in [0.3, 0.4) is 0 Å². The number of likely N-dealkylation sites (tertiary alicyclic amines) is 1. The maximum atomic E-state index is 14.5. The SMILES string of the molecule is CC(F)C1(N(c2ccc([N+](=O)[O-])cc2)[SH](=O)=O)CCCN(C(=O)O)C1. The second-order valence-electron chi connectivity index (χ2n) is 5.85. The number of amides is 1. The molecule has 1 aromatic rings. The number of non-ortho nitro benzene ring substituents is 1. The number of piperidine rings is 1. The van der Waals surface area contributed by atoms with E-state index in [2.05, 4.69) is 0 Å². The molecule has 0 bridgehead atoms. The summed E-state index contributed by atoms with van der Waals surface area (Å²) in [4.78, 5) is 22.4. The third-order valence-corrected chi connectivity index (χ3v) is 5.36. The van der Waals surface area contributed by atoms with Gasteiger partial charge in [-0.05, 0) is 31.9 Å². The van der Waals surface area contributed by atoms with Crippen LogP contribution in [0.25, 0.3) is 0 Å². The number of nitrogens with zero attached hydrogens (tertiary/aromatic N) is 3. The first-order valence-corrected chi connectivity index (χ1v) is 8.63. The average Bonchev–Trinajstić information content (AvgIpc) is 2.55. The number of rotatable bonds is 5. The van der Waals surface area contributed by atoms with Crippen LogP contribution in [0.4, 0.5) is 20.6 Å². The van der Waals surface area contributed by atoms with Crippen molar-refractivity contribution in [2.45, 2.75) is 31.5 Å². The van der Waals surface area contributed by atoms with Gasteiger partial charge in [-0.1, -0.05) is 0 Å². The van der Waals surface area contributed by atoms with Crippen LogP contribution in [0.15, 0.2) is 24.3 Å². The number of alkyl halides is 1. The number of anilines is 1. The number of halogens is 1. The predicted molar refractivity (Wildman–Crippen MR) is 88.0 cm³/mol. The molecule has 2 unspecified atom stereocenters. The zero-order valence-electron chi connectivity index (χ0n) is 13.4. The summed E-state index contributed by atoms with van der Waals surface area (Å²) < 4.78 is 39.2. The number of carboxylic acid groups (broad SMARTS) is 1. The van der Waals surface area contributed by atoms with E-state index in [1.165, 1.54) is 19.1 Å². The Morgan fingerprint density at radius 1 is 1.44 bits per heavy atom. The molecule has 0 aliphatic carbocycles. The number of hydrogen-bond donors (Lipinski definition) is 2. The fourth-order valence-electron chi connectivity index (χ4n) is 3.12. The lowest BCUT2D eigenvalue weighted by Gasteiger charge is -2.48. The van der Waals surface area contributed by atoms with Crippen molar-refractivity contribution in [3.05, 3.63) is 34.4 Å². The van der Waals surface area contributed by atoms with E-state index in [4.69, 9.17) is 0 Å². The number of nitro groups is 1. The minimum Gasteiger partial charge on any atom is -0.465 e. The van der Waals surface area contributed by atoms with Gasteiger partial charge in [-0.15, -0.1) is 0 Å². The van der Waals surface area contributed by atoms with E-state index in [-0.39, 0.29) is 30.9 Å². The monoisotopic (exact) mass is 375 g/mol. The Kier molecular flexibility index (Phi) is 5.45. The maximum Gasteiger partial charge on any atom is 0.407 e. The highest BCUT2D eigenvalue weighted by atomic mass is 32.2. The summed E-state index contributed by atoms with van der Waals surface area (Å²) in [7, 11) is -3.30. The van der Waals surface area contributed by atoms with Gasteiger partial charge in [0.2, 0.25) is 10.9 Å². The van der Waals surface area contributed by atoms with E-state index in [1.807, 2.05) is 0 Å². The second kappa shape index (κ2) is 7.21. The molecule has 138 valence electrons. The van der Waals surface area contributed by atoms with E-state index >= 15 is 0 Å². The first kappa shape index (κ1) is 18.9. The summed E-state index contributed by atoms with van der Waals surface area (Å²) in [5, 5.41) is 19.9. The van der Waals surface area contributed by atoms with Gasteiger partial charge in [-0.25, -0.2) is 17.6 Å². The van der Waals surface area contributed by atoms with E-state index in [1.54, 1.807) is 0 Å². The van der Waals surface area contributed by atoms with Crippen molar-refractivity contribution in [3.8, 4) is 0 Å². The Bertz CT molecular complexity index is 731. The van der Waals surface area contributed by atoms with E-state index in [9.17, 15) is 32.8 Å². The molecule has 0 spiro atoms. The first-order chi connectivity index (χ1) is 11.7. The number of carbonyl (C=O) groups is 1. The number of benzene rings is 1. The second-order valence-corrected chi connectivity index (χ2v) is 6.73. The quantitative estimate of drug-likeness (QED) is 0.460. The molecule has 0 saturated carbocycles. The molecule has 0 aromatic heterocycles. The van der Waals surface area contributed by atoms with Gasteiger partial charge in [0.1, 0.15) is 11.7 Å². The molecule has 1 heterocycles. The highest BCUT2D eigenvalue weighted by molar-refractivity contribution is 7.74. The Morgan fingerprint density at radius 3 is 2.48 bits per heavy atom. The lowest BCUT2D eigenvalue weighted by atomic mass is 9.84. The van der Waals surface area contributed by atoms with Crippen molar-refractivity contribution >= 4 is 28.4 Å². The summed E-state index contributed by atoms with van der Waals surface area (Å²) in [5.74, 6) is 0. The summed E-state index contributed by atoms with van der Waals surface area (Å²) in [6, 6.07) is 4.67. The Balaban J connectivity index is 2.51. The molecule has 2 rings (SSSR count). The summed E-state index contributed by atoms with van der Waals surface area (Å²) in [6.45, 7) is 1.05. The molecule has 1 N–H and O–H groups in total. The predicted octanol–water partition coefficient (Wildman–Crippen LogP) is 1.80. The van der Waals surface area contributed by atoms with Crippen molar-refractivity contribution in [1.29, 1.82) is 0 Å². The maximum absolute atomic E-state index is 14.5. The van der Waals surface area contributed by atoms with Crippen molar-refractivity contribution in [3.63, 3.8) is 0 Å². The van der Waals surface area contributed by atoms with Crippen LogP contribution in [0.1, 0.15) is 19.8 Å². The van der Waals surface area contributed by atoms with E-state index in [0.717, 1.165) is 21.3 Å². The molecule has 1 aliphatic heterocycles. The van der Waals surface area contributed by atoms with Crippen LogP contribution in [-0.4, -0.2) is 54.2 Å². The van der Waals surface area contributed by atoms with Gasteiger partial charge in [0, 0.05) is 18.7 Å². The Morgan fingerprint density at radius 2 is 2.04 bits per heavy atom. The molecule has 0 radical (unpaired) electrons. The van der Waals surface area contributed by atoms with Gasteiger partial charge in [-0.2, -0.15) is 0 Å². The van der Waals surface area contributed by atoms with E-state index < -0.39 is 33.6 Å². The van der Waals surface area contributed by atoms with Gasteiger partial charge in [0.15, 0.2) is 0 Å². The molecular formula is C14H18FN3O6S. The molecule has 1 aliphatic rings. The average molecular weight is 375 g/mol. The molecule has 1 saturated heterocycles. The van der Waals surface area contributed by atoms with Crippen LogP contribution >= 0.6 is 0 Å². The minimum atomic E-state index is -3.30. The first-order valence-electron chi connectivity index (χ1n) is 7.50. The zero-order valence-corrected chi connectivity index (χ0v) is 14.3. The lowest BCUT2D eigenvalue weighted by Crippen LogP contribution is -2.63. The fourth-order valence-corrected chi connectivity index (χ4v) is 4.09. The topological polar surface area (TPSA) is 121 Å². The summed E-state index contributed by atoms with van der Waals surface area (Å²) in [6.07, 6.45) is -2.48. The van der Waals surface area contributed by atoms with Gasteiger partial charge >= 0.3 is 6.09 Å². The highest BCUT2D eigenvalue weighted by Gasteiger charge is 2.48. The van der Waals surface area contributed by atoms with Crippen LogP contribution in [-0.2, 0) is 10.9 Å². The third kappa shape index (κ3) is 3.65. The van der Waals surface area contributed by atoms with Crippen molar-refractivity contribution in [1.82, 2.24) is 4.90 Å². The zero-order chi connectivity index (χ0) is 18.8. The molecule has 2 atom stereocenters. The van der Waals surface area contributed by atoms with Crippen molar-refractivity contribution < 1.29 is 27.6 Å². The number of thiol groups is 1. The Hall–Kier alpha value is -2.43. The van der Waals surface area contributed by atoms with Gasteiger partial charge in [0.05, 0.1) is 17.2 Å². The van der Waals surface area contributed by atoms with Gasteiger partial charge < -0.3 is 10.0 Å². The van der Waals surface area contributed by atoms with Crippen molar-refractivity contribution in [2.75, 3.05) is 17.4 Å². The van der Waals surface area contributed by atoms with Gasteiger partial charge in [-0.3, -0.25) is 14.4 Å². The summed E-state index contributed by atoms with van der Waals surface area (Å²) in [5.41, 5.74) is -1.77. The molecule has 9 nitrogen and oxygen atoms in total. The van der Waals surface area contributed by atoms with Crippen LogP contribution in [0, 0.1) is 10.1 Å². The molecule has 1 amide bonds. The smallest absolute Gasteiger partial charge is 0.407 e. The van der Waals surface area contributed by atoms with Crippen LogP contribution in [0.5, 0.6) is 0 Å². The van der Waals surface area contributed by atoms with Gasteiger partial charge in [0.25, 0.3) is 5.69 Å². The summed E-state index contributed by atoms with van der Waals surface area (Å²) >= 11 is 0. The molecule has 1 fully saturated rings. The van der Waals surface area contributed by atoms with Crippen LogP contribution < -0.4 is 4.31 Å². The molecule has 25 heavy (non-hydrogen) atoms. The third-order valence-electron chi connectivity index (χ3n) is 4.40. The van der Waals surface area contributed by atoms with Crippen LogP contribution in [0.2, 0.25) is 0 Å². The van der Waals surface area contributed by atoms with E-state index in [0.29, 0.717) is 6.42 Å². The molecule has 11 heteroatoms. The highest BCUT2D eigenvalue weighted by Crippen LogP contribution is 2.37.